The zero-order chi connectivity index (χ0) is 11.6. The Morgan fingerprint density at radius 2 is 2.00 bits per heavy atom. The molecule has 1 aromatic rings. The lowest BCUT2D eigenvalue weighted by Gasteiger charge is -2.25. The molecular weight excluding hydrogens is 246 g/mol. The van der Waals surface area contributed by atoms with Crippen LogP contribution in [-0.2, 0) is 16.6 Å². The van der Waals surface area contributed by atoms with Crippen LogP contribution < -0.4 is 0 Å². The van der Waals surface area contributed by atoms with Gasteiger partial charge < -0.3 is 5.11 Å². The van der Waals surface area contributed by atoms with Crippen molar-refractivity contribution < 1.29 is 13.5 Å². The van der Waals surface area contributed by atoms with Crippen molar-refractivity contribution in [1.82, 2.24) is 4.31 Å². The fourth-order valence-electron chi connectivity index (χ4n) is 1.83. The molecule has 0 unspecified atom stereocenters. The summed E-state index contributed by atoms with van der Waals surface area (Å²) in [5.41, 5.74) is 0. The molecule has 0 saturated carbocycles. The number of aliphatic hydroxyl groups is 1. The normalized spacial score (nSPS) is 18.8. The van der Waals surface area contributed by atoms with Gasteiger partial charge in [0.1, 0.15) is 0 Å². The van der Waals surface area contributed by atoms with Gasteiger partial charge in [-0.1, -0.05) is 6.42 Å². The van der Waals surface area contributed by atoms with Crippen LogP contribution in [-0.4, -0.2) is 30.9 Å². The molecule has 0 spiro atoms. The summed E-state index contributed by atoms with van der Waals surface area (Å²) in [5, 5.41) is 10.5. The monoisotopic (exact) mass is 261 g/mol. The summed E-state index contributed by atoms with van der Waals surface area (Å²) in [7, 11) is -3.32. The molecule has 0 radical (unpaired) electrons. The van der Waals surface area contributed by atoms with E-state index in [1.165, 1.54) is 11.3 Å². The first kappa shape index (κ1) is 12.0. The number of sulfonamides is 1. The van der Waals surface area contributed by atoms with Gasteiger partial charge in [-0.15, -0.1) is 11.3 Å². The van der Waals surface area contributed by atoms with Crippen LogP contribution in [0.15, 0.2) is 16.3 Å². The summed E-state index contributed by atoms with van der Waals surface area (Å²) in [6.07, 6.45) is 2.99. The Morgan fingerprint density at radius 3 is 2.56 bits per heavy atom. The minimum atomic E-state index is -3.32. The van der Waals surface area contributed by atoms with E-state index in [9.17, 15) is 8.42 Å². The van der Waals surface area contributed by atoms with Crippen molar-refractivity contribution in [2.45, 2.75) is 30.8 Å². The molecule has 0 atom stereocenters. The molecule has 2 rings (SSSR count). The largest absolute Gasteiger partial charge is 0.391 e. The van der Waals surface area contributed by atoms with Crippen molar-refractivity contribution in [3.8, 4) is 0 Å². The van der Waals surface area contributed by atoms with Crippen LogP contribution in [0.25, 0.3) is 0 Å². The number of piperidine rings is 1. The number of thiophene rings is 1. The smallest absolute Gasteiger partial charge is 0.243 e. The van der Waals surface area contributed by atoms with Crippen LogP contribution in [0.3, 0.4) is 0 Å². The quantitative estimate of drug-likeness (QED) is 0.895. The van der Waals surface area contributed by atoms with Crippen LogP contribution in [0.4, 0.5) is 0 Å². The van der Waals surface area contributed by atoms with E-state index in [2.05, 4.69) is 0 Å². The highest BCUT2D eigenvalue weighted by Crippen LogP contribution is 2.24. The summed E-state index contributed by atoms with van der Waals surface area (Å²) in [6, 6.07) is 1.56. The maximum atomic E-state index is 12.2. The molecule has 0 aromatic carbocycles. The Morgan fingerprint density at radius 1 is 1.31 bits per heavy atom. The Hall–Kier alpha value is -0.430. The van der Waals surface area contributed by atoms with Crippen LogP contribution in [0, 0.1) is 0 Å². The number of hydrogen-bond donors (Lipinski definition) is 1. The first-order chi connectivity index (χ1) is 7.64. The van der Waals surface area contributed by atoms with Gasteiger partial charge in [-0.05, 0) is 18.9 Å². The number of nitrogens with zero attached hydrogens (tertiary/aromatic N) is 1. The summed E-state index contributed by atoms with van der Waals surface area (Å²) < 4.78 is 25.9. The van der Waals surface area contributed by atoms with Crippen LogP contribution >= 0.6 is 11.3 Å². The van der Waals surface area contributed by atoms with Crippen molar-refractivity contribution in [2.24, 2.45) is 0 Å². The number of rotatable bonds is 3. The van der Waals surface area contributed by atoms with Crippen LogP contribution in [0.1, 0.15) is 24.1 Å². The Labute approximate surface area is 99.6 Å². The molecule has 0 bridgehead atoms. The Kier molecular flexibility index (Phi) is 3.63. The molecule has 16 heavy (non-hydrogen) atoms. The second-order valence-electron chi connectivity index (χ2n) is 3.87. The molecule has 1 fully saturated rings. The second kappa shape index (κ2) is 4.83. The number of hydrogen-bond acceptors (Lipinski definition) is 4. The van der Waals surface area contributed by atoms with Gasteiger partial charge in [0.2, 0.25) is 10.0 Å². The maximum Gasteiger partial charge on any atom is 0.243 e. The van der Waals surface area contributed by atoms with E-state index in [4.69, 9.17) is 5.11 Å². The minimum Gasteiger partial charge on any atom is -0.391 e. The molecule has 90 valence electrons. The third kappa shape index (κ3) is 2.29. The van der Waals surface area contributed by atoms with Crippen LogP contribution in [0.2, 0.25) is 0 Å². The lowest BCUT2D eigenvalue weighted by atomic mass is 10.2. The summed E-state index contributed by atoms with van der Waals surface area (Å²) in [5.74, 6) is 0. The van der Waals surface area contributed by atoms with E-state index < -0.39 is 10.0 Å². The second-order valence-corrected chi connectivity index (χ2v) is 6.81. The molecule has 2 heterocycles. The molecule has 0 aliphatic carbocycles. The molecule has 4 nitrogen and oxygen atoms in total. The Bertz CT molecular complexity index is 446. The summed E-state index contributed by atoms with van der Waals surface area (Å²) in [6.45, 7) is 1.14. The van der Waals surface area contributed by atoms with Gasteiger partial charge in [-0.25, -0.2) is 8.42 Å². The van der Waals surface area contributed by atoms with Crippen LogP contribution in [0.5, 0.6) is 0 Å². The van der Waals surface area contributed by atoms with Crippen molar-refractivity contribution in [3.05, 3.63) is 16.3 Å². The molecule has 1 N–H and O–H groups in total. The lowest BCUT2D eigenvalue weighted by Crippen LogP contribution is -2.35. The van der Waals surface area contributed by atoms with Gasteiger partial charge in [-0.2, -0.15) is 4.31 Å². The molecule has 0 amide bonds. The van der Waals surface area contributed by atoms with E-state index in [-0.39, 0.29) is 6.61 Å². The standard InChI is InChI=1S/C10H15NO3S2/c12-7-9-6-10(8-15-9)16(13,14)11-4-2-1-3-5-11/h6,8,12H,1-5,7H2. The highest BCUT2D eigenvalue weighted by molar-refractivity contribution is 7.89. The SMILES string of the molecule is O=S(=O)(c1csc(CO)c1)N1CCCCC1. The van der Waals surface area contributed by atoms with Gasteiger partial charge >= 0.3 is 0 Å². The van der Waals surface area contributed by atoms with E-state index in [0.29, 0.717) is 22.9 Å². The predicted molar refractivity (Wildman–Crippen MR) is 62.9 cm³/mol. The van der Waals surface area contributed by atoms with E-state index in [0.717, 1.165) is 19.3 Å². The van der Waals surface area contributed by atoms with Crippen molar-refractivity contribution in [2.75, 3.05) is 13.1 Å². The first-order valence-electron chi connectivity index (χ1n) is 5.33. The fourth-order valence-corrected chi connectivity index (χ4v) is 4.47. The predicted octanol–water partition coefficient (Wildman–Crippen LogP) is 1.42. The van der Waals surface area contributed by atoms with Gasteiger partial charge in [0.25, 0.3) is 0 Å². The lowest BCUT2D eigenvalue weighted by molar-refractivity contribution is 0.285. The van der Waals surface area contributed by atoms with E-state index in [1.54, 1.807) is 15.8 Å². The van der Waals surface area contributed by atoms with E-state index in [1.807, 2.05) is 0 Å². The van der Waals surface area contributed by atoms with Crippen molar-refractivity contribution in [1.29, 1.82) is 0 Å². The summed E-state index contributed by atoms with van der Waals surface area (Å²) >= 11 is 1.28. The molecule has 1 aliphatic rings. The van der Waals surface area contributed by atoms with Gasteiger partial charge in [0, 0.05) is 23.3 Å². The maximum absolute atomic E-state index is 12.2. The molecule has 6 heteroatoms. The molecule has 1 aromatic heterocycles. The van der Waals surface area contributed by atoms with E-state index >= 15 is 0 Å². The molecular formula is C10H15NO3S2. The van der Waals surface area contributed by atoms with Gasteiger partial charge in [0.05, 0.1) is 11.5 Å². The number of aliphatic hydroxyl groups excluding tert-OH is 1. The first-order valence-corrected chi connectivity index (χ1v) is 7.65. The third-order valence-electron chi connectivity index (χ3n) is 2.74. The zero-order valence-electron chi connectivity index (χ0n) is 8.92. The molecule has 1 saturated heterocycles. The molecule has 1 aliphatic heterocycles. The third-order valence-corrected chi connectivity index (χ3v) is 5.69. The average Bonchev–Trinajstić information content (AvgIpc) is 2.79. The highest BCUT2D eigenvalue weighted by Gasteiger charge is 2.26. The average molecular weight is 261 g/mol. The van der Waals surface area contributed by atoms with Crippen molar-refractivity contribution in [3.63, 3.8) is 0 Å². The van der Waals surface area contributed by atoms with Crippen molar-refractivity contribution >= 4 is 21.4 Å². The highest BCUT2D eigenvalue weighted by atomic mass is 32.2. The van der Waals surface area contributed by atoms with Gasteiger partial charge in [-0.3, -0.25) is 0 Å². The minimum absolute atomic E-state index is 0.0970. The van der Waals surface area contributed by atoms with Gasteiger partial charge in [0.15, 0.2) is 0 Å². The topological polar surface area (TPSA) is 57.6 Å². The zero-order valence-corrected chi connectivity index (χ0v) is 10.6. The Balaban J connectivity index is 2.23. The fraction of sp³-hybridized carbons (Fsp3) is 0.600. The summed E-state index contributed by atoms with van der Waals surface area (Å²) in [4.78, 5) is 1.01.